The van der Waals surface area contributed by atoms with Gasteiger partial charge in [0.25, 0.3) is 0 Å². The number of morpholine rings is 1. The lowest BCUT2D eigenvalue weighted by molar-refractivity contribution is -0.0405. The number of hydrogen-bond donors (Lipinski definition) is 0. The van der Waals surface area contributed by atoms with E-state index in [-0.39, 0.29) is 6.10 Å². The minimum Gasteiger partial charge on any atom is -0.374 e. The lowest BCUT2D eigenvalue weighted by atomic mass is 10.2. The van der Waals surface area contributed by atoms with Gasteiger partial charge in [-0.1, -0.05) is 0 Å². The van der Waals surface area contributed by atoms with Gasteiger partial charge in [0.2, 0.25) is 0 Å². The van der Waals surface area contributed by atoms with E-state index in [1.54, 1.807) is 17.5 Å². The molecule has 1 atom stereocenters. The Kier molecular flexibility index (Phi) is 3.68. The second kappa shape index (κ2) is 5.60. The van der Waals surface area contributed by atoms with E-state index in [1.165, 1.54) is 0 Å². The van der Waals surface area contributed by atoms with Gasteiger partial charge in [0.05, 0.1) is 30.5 Å². The molecule has 1 saturated heterocycles. The van der Waals surface area contributed by atoms with Gasteiger partial charge >= 0.3 is 0 Å². The van der Waals surface area contributed by atoms with Crippen LogP contribution in [-0.4, -0.2) is 45.5 Å². The van der Waals surface area contributed by atoms with Gasteiger partial charge in [0.15, 0.2) is 0 Å². The fraction of sp³-hybridized carbons (Fsp3) is 0.500. The summed E-state index contributed by atoms with van der Waals surface area (Å²) >= 11 is 1.65. The summed E-state index contributed by atoms with van der Waals surface area (Å²) < 4.78 is 7.71. The first-order valence-electron chi connectivity index (χ1n) is 6.08. The van der Waals surface area contributed by atoms with Gasteiger partial charge in [-0.15, -0.1) is 11.3 Å². The SMILES string of the molecule is c1cnn(C[C@@H]2CN(Cc3cscn3)CCO2)c1. The zero-order chi connectivity index (χ0) is 12.2. The van der Waals surface area contributed by atoms with Crippen molar-refractivity contribution in [1.82, 2.24) is 19.7 Å². The molecule has 18 heavy (non-hydrogen) atoms. The van der Waals surface area contributed by atoms with Crippen LogP contribution in [0.15, 0.2) is 29.4 Å². The summed E-state index contributed by atoms with van der Waals surface area (Å²) in [5, 5.41) is 6.33. The molecule has 0 bridgehead atoms. The van der Waals surface area contributed by atoms with Gasteiger partial charge in [0.1, 0.15) is 0 Å². The second-order valence-corrected chi connectivity index (χ2v) is 5.15. The zero-order valence-corrected chi connectivity index (χ0v) is 10.9. The van der Waals surface area contributed by atoms with Crippen LogP contribution < -0.4 is 0 Å². The van der Waals surface area contributed by atoms with Gasteiger partial charge in [-0.05, 0) is 6.07 Å². The summed E-state index contributed by atoms with van der Waals surface area (Å²) in [5.41, 5.74) is 3.04. The van der Waals surface area contributed by atoms with E-state index in [9.17, 15) is 0 Å². The average Bonchev–Trinajstić information content (AvgIpc) is 3.03. The molecule has 0 aliphatic carbocycles. The average molecular weight is 264 g/mol. The van der Waals surface area contributed by atoms with Crippen LogP contribution in [0.4, 0.5) is 0 Å². The summed E-state index contributed by atoms with van der Waals surface area (Å²) in [4.78, 5) is 6.73. The van der Waals surface area contributed by atoms with E-state index in [4.69, 9.17) is 4.74 Å². The Morgan fingerprint density at radius 1 is 1.50 bits per heavy atom. The van der Waals surface area contributed by atoms with Crippen LogP contribution in [0.5, 0.6) is 0 Å². The molecule has 2 aromatic rings. The number of ether oxygens (including phenoxy) is 1. The lowest BCUT2D eigenvalue weighted by Gasteiger charge is -2.32. The highest BCUT2D eigenvalue weighted by Crippen LogP contribution is 2.11. The quantitative estimate of drug-likeness (QED) is 0.833. The molecule has 3 rings (SSSR count). The van der Waals surface area contributed by atoms with Crippen molar-refractivity contribution in [2.75, 3.05) is 19.7 Å². The summed E-state index contributed by atoms with van der Waals surface area (Å²) in [6.45, 7) is 4.45. The minimum absolute atomic E-state index is 0.220. The molecule has 6 heteroatoms. The molecule has 0 aromatic carbocycles. The normalized spacial score (nSPS) is 21.2. The molecule has 0 radical (unpaired) electrons. The first-order chi connectivity index (χ1) is 8.90. The van der Waals surface area contributed by atoms with Crippen molar-refractivity contribution >= 4 is 11.3 Å². The van der Waals surface area contributed by atoms with Crippen molar-refractivity contribution in [1.29, 1.82) is 0 Å². The van der Waals surface area contributed by atoms with Gasteiger partial charge in [0, 0.05) is 37.4 Å². The third kappa shape index (κ3) is 2.95. The molecular weight excluding hydrogens is 248 g/mol. The Balaban J connectivity index is 1.55. The molecule has 1 aliphatic rings. The van der Waals surface area contributed by atoms with Crippen LogP contribution in [-0.2, 0) is 17.8 Å². The largest absolute Gasteiger partial charge is 0.374 e. The van der Waals surface area contributed by atoms with Gasteiger partial charge in [-0.2, -0.15) is 5.10 Å². The Morgan fingerprint density at radius 2 is 2.50 bits per heavy atom. The maximum Gasteiger partial charge on any atom is 0.0898 e. The summed E-state index contributed by atoms with van der Waals surface area (Å²) in [5.74, 6) is 0. The fourth-order valence-corrected chi connectivity index (χ4v) is 2.75. The monoisotopic (exact) mass is 264 g/mol. The topological polar surface area (TPSA) is 43.2 Å². The Morgan fingerprint density at radius 3 is 3.28 bits per heavy atom. The third-order valence-electron chi connectivity index (χ3n) is 3.04. The molecule has 96 valence electrons. The van der Waals surface area contributed by atoms with Crippen LogP contribution in [0, 0.1) is 0 Å². The number of aromatic nitrogens is 3. The summed E-state index contributed by atoms with van der Waals surface area (Å²) in [7, 11) is 0. The molecule has 0 N–H and O–H groups in total. The summed E-state index contributed by atoms with van der Waals surface area (Å²) in [6, 6.07) is 1.94. The molecular formula is C12H16N4OS. The third-order valence-corrected chi connectivity index (χ3v) is 3.68. The Bertz CT molecular complexity index is 414. The Labute approximate surface area is 110 Å². The van der Waals surface area contributed by atoms with Gasteiger partial charge in [-0.3, -0.25) is 9.58 Å². The van der Waals surface area contributed by atoms with Crippen LogP contribution in [0.2, 0.25) is 0 Å². The smallest absolute Gasteiger partial charge is 0.0898 e. The van der Waals surface area contributed by atoms with E-state index >= 15 is 0 Å². The van der Waals surface area contributed by atoms with Crippen molar-refractivity contribution in [3.8, 4) is 0 Å². The van der Waals surface area contributed by atoms with E-state index in [2.05, 4.69) is 20.4 Å². The number of rotatable bonds is 4. The number of nitrogens with zero attached hydrogens (tertiary/aromatic N) is 4. The predicted octanol–water partition coefficient (Wildman–Crippen LogP) is 1.24. The maximum atomic E-state index is 5.78. The van der Waals surface area contributed by atoms with Crippen molar-refractivity contribution in [2.45, 2.75) is 19.2 Å². The minimum atomic E-state index is 0.220. The van der Waals surface area contributed by atoms with Gasteiger partial charge < -0.3 is 4.74 Å². The second-order valence-electron chi connectivity index (χ2n) is 4.44. The molecule has 2 aromatic heterocycles. The zero-order valence-electron chi connectivity index (χ0n) is 10.1. The van der Waals surface area contributed by atoms with Crippen LogP contribution in [0.1, 0.15) is 5.69 Å². The van der Waals surface area contributed by atoms with Crippen LogP contribution in [0.25, 0.3) is 0 Å². The molecule has 1 aliphatic heterocycles. The molecule has 3 heterocycles. The molecule has 0 saturated carbocycles. The molecule has 0 unspecified atom stereocenters. The highest BCUT2D eigenvalue weighted by Gasteiger charge is 2.21. The Hall–Kier alpha value is -1.24. The number of thiazole rings is 1. The highest BCUT2D eigenvalue weighted by atomic mass is 32.1. The van der Waals surface area contributed by atoms with Crippen LogP contribution in [0.3, 0.4) is 0 Å². The van der Waals surface area contributed by atoms with Crippen LogP contribution >= 0.6 is 11.3 Å². The number of hydrogen-bond acceptors (Lipinski definition) is 5. The van der Waals surface area contributed by atoms with Crippen molar-refractivity contribution in [3.05, 3.63) is 35.0 Å². The van der Waals surface area contributed by atoms with E-state index < -0.39 is 0 Å². The molecule has 0 amide bonds. The maximum absolute atomic E-state index is 5.78. The molecule has 1 fully saturated rings. The molecule has 5 nitrogen and oxygen atoms in total. The lowest BCUT2D eigenvalue weighted by Crippen LogP contribution is -2.43. The van der Waals surface area contributed by atoms with Crippen molar-refractivity contribution < 1.29 is 4.74 Å². The fourth-order valence-electron chi connectivity index (χ4n) is 2.20. The van der Waals surface area contributed by atoms with E-state index in [0.29, 0.717) is 0 Å². The van der Waals surface area contributed by atoms with E-state index in [1.807, 2.05) is 22.5 Å². The van der Waals surface area contributed by atoms with E-state index in [0.717, 1.165) is 38.5 Å². The standard InChI is InChI=1S/C12H16N4OS/c1-2-14-16(3-1)8-12-7-15(4-5-17-12)6-11-9-18-10-13-11/h1-3,9-10,12H,4-8H2/t12-/m0/s1. The predicted molar refractivity (Wildman–Crippen MR) is 69.4 cm³/mol. The molecule has 0 spiro atoms. The van der Waals surface area contributed by atoms with Crippen molar-refractivity contribution in [2.24, 2.45) is 0 Å². The first-order valence-corrected chi connectivity index (χ1v) is 7.03. The van der Waals surface area contributed by atoms with Gasteiger partial charge in [-0.25, -0.2) is 4.98 Å². The van der Waals surface area contributed by atoms with Crippen molar-refractivity contribution in [3.63, 3.8) is 0 Å². The first kappa shape index (κ1) is 11.8. The highest BCUT2D eigenvalue weighted by molar-refractivity contribution is 7.07. The summed E-state index contributed by atoms with van der Waals surface area (Å²) in [6.07, 6.45) is 4.00.